The zero-order chi connectivity index (χ0) is 12.8. The smallest absolute Gasteiger partial charge is 0.379 e. The van der Waals surface area contributed by atoms with Gasteiger partial charge in [-0.3, -0.25) is 4.79 Å². The van der Waals surface area contributed by atoms with Crippen molar-refractivity contribution in [3.8, 4) is 0 Å². The first-order valence-corrected chi connectivity index (χ1v) is 5.22. The van der Waals surface area contributed by atoms with Crippen molar-refractivity contribution in [2.75, 3.05) is 6.61 Å². The Bertz CT molecular complexity index is 446. The minimum Gasteiger partial charge on any atom is -0.872 e. The summed E-state index contributed by atoms with van der Waals surface area (Å²) in [7, 11) is 0. The molecule has 0 saturated carbocycles. The molecule has 0 atom stereocenters. The molecule has 0 aliphatic rings. The lowest BCUT2D eigenvalue weighted by Crippen LogP contribution is -2.21. The van der Waals surface area contributed by atoms with E-state index in [0.29, 0.717) is 5.56 Å². The Morgan fingerprint density at radius 3 is 2.35 bits per heavy atom. The van der Waals surface area contributed by atoms with Crippen LogP contribution in [0.25, 0.3) is 5.76 Å². The lowest BCUT2D eigenvalue weighted by molar-refractivity contribution is -0.244. The first-order valence-electron chi connectivity index (χ1n) is 5.22. The maximum atomic E-state index is 11.8. The fourth-order valence-corrected chi connectivity index (χ4v) is 1.26. The molecule has 0 spiro atoms. The number of Topliss-reactive ketones (excluding diaryl/α,β-unsaturated/α-hetero) is 1. The zero-order valence-electron chi connectivity index (χ0n) is 9.73. The molecule has 0 radical (unpaired) electrons. The topological polar surface area (TPSA) is 66.4 Å². The Hall–Kier alpha value is -2.10. The molecule has 0 saturated heterocycles. The fourth-order valence-electron chi connectivity index (χ4n) is 1.26. The van der Waals surface area contributed by atoms with Crippen LogP contribution in [0.1, 0.15) is 19.4 Å². The molecule has 0 aliphatic heterocycles. The highest BCUT2D eigenvalue weighted by molar-refractivity contribution is 6.41. The molecule has 17 heavy (non-hydrogen) atoms. The van der Waals surface area contributed by atoms with Crippen molar-refractivity contribution in [3.63, 3.8) is 0 Å². The van der Waals surface area contributed by atoms with Crippen molar-refractivity contribution in [1.82, 2.24) is 0 Å². The van der Waals surface area contributed by atoms with Crippen LogP contribution in [0, 0.1) is 0 Å². The van der Waals surface area contributed by atoms with Gasteiger partial charge >= 0.3 is 5.97 Å². The quantitative estimate of drug-likeness (QED) is 0.335. The van der Waals surface area contributed by atoms with Crippen molar-refractivity contribution in [1.29, 1.82) is 0 Å². The second-order valence-electron chi connectivity index (χ2n) is 3.37. The molecule has 0 aromatic heterocycles. The Labute approximate surface area is 99.5 Å². The van der Waals surface area contributed by atoms with Crippen molar-refractivity contribution in [3.05, 3.63) is 41.5 Å². The molecule has 1 aromatic carbocycles. The van der Waals surface area contributed by atoms with Crippen molar-refractivity contribution in [2.45, 2.75) is 13.8 Å². The van der Waals surface area contributed by atoms with Gasteiger partial charge in [0.25, 0.3) is 5.78 Å². The third-order valence-corrected chi connectivity index (χ3v) is 2.18. The maximum Gasteiger partial charge on any atom is 0.379 e. The highest BCUT2D eigenvalue weighted by Gasteiger charge is 2.17. The van der Waals surface area contributed by atoms with E-state index < -0.39 is 17.5 Å². The van der Waals surface area contributed by atoms with E-state index in [4.69, 9.17) is 0 Å². The van der Waals surface area contributed by atoms with E-state index in [2.05, 4.69) is 4.74 Å². The van der Waals surface area contributed by atoms with E-state index in [1.807, 2.05) is 0 Å². The molecular formula is C13H13O4-. The molecule has 4 heteroatoms. The molecule has 4 nitrogen and oxygen atoms in total. The minimum atomic E-state index is -0.991. The van der Waals surface area contributed by atoms with Crippen molar-refractivity contribution in [2.24, 2.45) is 0 Å². The van der Waals surface area contributed by atoms with E-state index in [1.54, 1.807) is 37.3 Å². The number of ketones is 1. The SMILES string of the molecule is CCOC(=O)C(=O)/C(C)=C(\[O-])c1ccccc1. The Morgan fingerprint density at radius 1 is 1.24 bits per heavy atom. The summed E-state index contributed by atoms with van der Waals surface area (Å²) in [4.78, 5) is 22.7. The van der Waals surface area contributed by atoms with Gasteiger partial charge < -0.3 is 9.84 Å². The monoisotopic (exact) mass is 233 g/mol. The highest BCUT2D eigenvalue weighted by atomic mass is 16.5. The molecule has 90 valence electrons. The van der Waals surface area contributed by atoms with Crippen LogP contribution in [-0.2, 0) is 14.3 Å². The number of ether oxygens (including phenoxy) is 1. The predicted octanol–water partition coefficient (Wildman–Crippen LogP) is 0.910. The normalized spacial score (nSPS) is 11.6. The average molecular weight is 233 g/mol. The van der Waals surface area contributed by atoms with Crippen molar-refractivity contribution >= 4 is 17.5 Å². The summed E-state index contributed by atoms with van der Waals surface area (Å²) in [5.74, 6) is -2.33. The molecule has 1 rings (SSSR count). The molecule has 0 aliphatic carbocycles. The van der Waals surface area contributed by atoms with Gasteiger partial charge in [0.15, 0.2) is 0 Å². The average Bonchev–Trinajstić information content (AvgIpc) is 2.37. The first-order chi connectivity index (χ1) is 8.07. The van der Waals surface area contributed by atoms with Gasteiger partial charge in [-0.25, -0.2) is 4.79 Å². The Morgan fingerprint density at radius 2 is 1.82 bits per heavy atom. The molecule has 0 fully saturated rings. The number of carbonyl (C=O) groups excluding carboxylic acids is 2. The van der Waals surface area contributed by atoms with Gasteiger partial charge in [-0.15, -0.1) is 0 Å². The van der Waals surface area contributed by atoms with E-state index >= 15 is 0 Å². The van der Waals surface area contributed by atoms with E-state index in [0.717, 1.165) is 0 Å². The molecule has 0 heterocycles. The van der Waals surface area contributed by atoms with E-state index in [9.17, 15) is 14.7 Å². The molecular weight excluding hydrogens is 220 g/mol. The summed E-state index contributed by atoms with van der Waals surface area (Å²) in [5, 5.41) is 11.8. The van der Waals surface area contributed by atoms with Crippen LogP contribution in [0.4, 0.5) is 0 Å². The summed E-state index contributed by atoms with van der Waals surface area (Å²) < 4.78 is 4.55. The zero-order valence-corrected chi connectivity index (χ0v) is 9.73. The molecule has 0 N–H and O–H groups in total. The minimum absolute atomic E-state index is 0.109. The third-order valence-electron chi connectivity index (χ3n) is 2.18. The summed E-state index contributed by atoms with van der Waals surface area (Å²) in [6.07, 6.45) is 0. The van der Waals surface area contributed by atoms with Gasteiger partial charge in [0.1, 0.15) is 0 Å². The van der Waals surface area contributed by atoms with Crippen LogP contribution in [0.3, 0.4) is 0 Å². The summed E-state index contributed by atoms with van der Waals surface area (Å²) >= 11 is 0. The molecule has 0 unspecified atom stereocenters. The predicted molar refractivity (Wildman–Crippen MR) is 60.7 cm³/mol. The first kappa shape index (κ1) is 13.0. The summed E-state index contributed by atoms with van der Waals surface area (Å²) in [6.45, 7) is 3.03. The Balaban J connectivity index is 2.98. The molecule has 0 bridgehead atoms. The number of benzene rings is 1. The number of hydrogen-bond donors (Lipinski definition) is 0. The largest absolute Gasteiger partial charge is 0.872 e. The van der Waals surface area contributed by atoms with Crippen LogP contribution in [0.15, 0.2) is 35.9 Å². The van der Waals surface area contributed by atoms with Crippen LogP contribution in [-0.4, -0.2) is 18.4 Å². The number of rotatable bonds is 4. The van der Waals surface area contributed by atoms with Gasteiger partial charge in [-0.05, 0) is 25.0 Å². The van der Waals surface area contributed by atoms with Crippen LogP contribution in [0.5, 0.6) is 0 Å². The molecule has 1 aromatic rings. The maximum absolute atomic E-state index is 11.8. The molecule has 0 amide bonds. The van der Waals surface area contributed by atoms with Crippen LogP contribution >= 0.6 is 0 Å². The van der Waals surface area contributed by atoms with Crippen LogP contribution in [0.2, 0.25) is 0 Å². The van der Waals surface area contributed by atoms with Gasteiger partial charge in [0.05, 0.1) is 6.61 Å². The van der Waals surface area contributed by atoms with E-state index in [-0.39, 0.29) is 12.2 Å². The van der Waals surface area contributed by atoms with Gasteiger partial charge in [0.2, 0.25) is 0 Å². The summed E-state index contributed by atoms with van der Waals surface area (Å²) in [6, 6.07) is 8.32. The Kier molecular flexibility index (Phi) is 4.46. The lowest BCUT2D eigenvalue weighted by Gasteiger charge is -2.15. The van der Waals surface area contributed by atoms with Crippen LogP contribution < -0.4 is 5.11 Å². The second kappa shape index (κ2) is 5.84. The fraction of sp³-hybridized carbons (Fsp3) is 0.231. The number of hydrogen-bond acceptors (Lipinski definition) is 4. The second-order valence-corrected chi connectivity index (χ2v) is 3.37. The highest BCUT2D eigenvalue weighted by Crippen LogP contribution is 2.13. The lowest BCUT2D eigenvalue weighted by atomic mass is 10.1. The van der Waals surface area contributed by atoms with Gasteiger partial charge in [0, 0.05) is 0 Å². The third kappa shape index (κ3) is 3.17. The standard InChI is InChI=1S/C13H14O4/c1-3-17-13(16)12(15)9(2)11(14)10-7-5-4-6-8-10/h4-8,14H,3H2,1-2H3/p-1/b11-9-. The van der Waals surface area contributed by atoms with E-state index in [1.165, 1.54) is 6.92 Å². The van der Waals surface area contributed by atoms with Gasteiger partial charge in [-0.2, -0.15) is 0 Å². The van der Waals surface area contributed by atoms with Gasteiger partial charge in [-0.1, -0.05) is 36.1 Å². The number of carbonyl (C=O) groups is 2. The van der Waals surface area contributed by atoms with Crippen molar-refractivity contribution < 1.29 is 19.4 Å². The number of esters is 1. The summed E-state index contributed by atoms with van der Waals surface area (Å²) in [5.41, 5.74) is 0.247.